The van der Waals surface area contributed by atoms with Gasteiger partial charge in [0.25, 0.3) is 0 Å². The first-order valence-electron chi connectivity index (χ1n) is 7.78. The van der Waals surface area contributed by atoms with Crippen molar-refractivity contribution in [2.45, 2.75) is 39.7 Å². The van der Waals surface area contributed by atoms with E-state index < -0.39 is 0 Å². The quantitative estimate of drug-likeness (QED) is 0.848. The molecule has 5 heteroatoms. The highest BCUT2D eigenvalue weighted by Gasteiger charge is 2.22. The molecule has 0 radical (unpaired) electrons. The maximum atomic E-state index is 13.9. The van der Waals surface area contributed by atoms with Crippen molar-refractivity contribution >= 4 is 24.8 Å². The third-order valence-corrected chi connectivity index (χ3v) is 4.19. The Kier molecular flexibility index (Phi) is 10.3. The Morgan fingerprint density at radius 2 is 1.77 bits per heavy atom. The summed E-state index contributed by atoms with van der Waals surface area (Å²) in [4.78, 5) is 2.50. The minimum atomic E-state index is -0.0767. The third kappa shape index (κ3) is 6.04. The molecular formula is C17H29Cl2FN2. The minimum Gasteiger partial charge on any atom is -0.314 e. The molecule has 1 saturated heterocycles. The number of halogens is 3. The van der Waals surface area contributed by atoms with E-state index >= 15 is 0 Å². The van der Waals surface area contributed by atoms with Crippen LogP contribution in [0.25, 0.3) is 0 Å². The highest BCUT2D eigenvalue weighted by atomic mass is 35.5. The van der Waals surface area contributed by atoms with Gasteiger partial charge in [-0.05, 0) is 42.9 Å². The molecule has 0 unspecified atom stereocenters. The lowest BCUT2D eigenvalue weighted by molar-refractivity contribution is 0.159. The molecule has 0 aliphatic carbocycles. The van der Waals surface area contributed by atoms with E-state index in [9.17, 15) is 4.39 Å². The maximum Gasteiger partial charge on any atom is 0.126 e. The summed E-state index contributed by atoms with van der Waals surface area (Å²) in [6, 6.07) is 6.11. The summed E-state index contributed by atoms with van der Waals surface area (Å²) in [5.41, 5.74) is 1.87. The summed E-state index contributed by atoms with van der Waals surface area (Å²) >= 11 is 0. The number of benzene rings is 1. The van der Waals surface area contributed by atoms with Crippen LogP contribution in [-0.2, 0) is 0 Å². The van der Waals surface area contributed by atoms with E-state index in [1.54, 1.807) is 6.07 Å². The van der Waals surface area contributed by atoms with Gasteiger partial charge >= 0.3 is 0 Å². The van der Waals surface area contributed by atoms with E-state index in [1.807, 2.05) is 13.0 Å². The number of hydrogen-bond donors (Lipinski definition) is 1. The van der Waals surface area contributed by atoms with Gasteiger partial charge in [-0.3, -0.25) is 4.90 Å². The van der Waals surface area contributed by atoms with E-state index in [1.165, 1.54) is 6.42 Å². The fraction of sp³-hybridized carbons (Fsp3) is 0.647. The summed E-state index contributed by atoms with van der Waals surface area (Å²) < 4.78 is 13.9. The van der Waals surface area contributed by atoms with Crippen LogP contribution in [0.4, 0.5) is 4.39 Å². The lowest BCUT2D eigenvalue weighted by Crippen LogP contribution is -2.45. The number of piperazine rings is 1. The predicted molar refractivity (Wildman–Crippen MR) is 96.9 cm³/mol. The van der Waals surface area contributed by atoms with Crippen LogP contribution >= 0.6 is 24.8 Å². The Labute approximate surface area is 146 Å². The fourth-order valence-electron chi connectivity index (χ4n) is 2.86. The Hall–Kier alpha value is -0.350. The van der Waals surface area contributed by atoms with E-state index in [-0.39, 0.29) is 30.6 Å². The monoisotopic (exact) mass is 350 g/mol. The second-order valence-corrected chi connectivity index (χ2v) is 6.28. The molecule has 1 aliphatic heterocycles. The first-order chi connectivity index (χ1) is 9.58. The lowest BCUT2D eigenvalue weighted by Gasteiger charge is -2.35. The molecule has 0 amide bonds. The topological polar surface area (TPSA) is 15.3 Å². The third-order valence-electron chi connectivity index (χ3n) is 4.19. The summed E-state index contributed by atoms with van der Waals surface area (Å²) in [7, 11) is 0. The van der Waals surface area contributed by atoms with Crippen molar-refractivity contribution in [1.82, 2.24) is 10.2 Å². The number of hydrogen-bond acceptors (Lipinski definition) is 2. The van der Waals surface area contributed by atoms with Crippen molar-refractivity contribution in [3.8, 4) is 0 Å². The number of nitrogens with zero attached hydrogens (tertiary/aromatic N) is 1. The number of nitrogens with one attached hydrogen (secondary N) is 1. The zero-order valence-electron chi connectivity index (χ0n) is 13.8. The summed E-state index contributed by atoms with van der Waals surface area (Å²) in [5.74, 6) is 0.614. The molecule has 0 saturated carbocycles. The summed E-state index contributed by atoms with van der Waals surface area (Å²) in [6.45, 7) is 10.5. The highest BCUT2D eigenvalue weighted by Crippen LogP contribution is 2.28. The van der Waals surface area contributed by atoms with Crippen LogP contribution in [0.1, 0.15) is 43.9 Å². The molecule has 1 atom stereocenters. The molecule has 1 aliphatic rings. The van der Waals surface area contributed by atoms with Gasteiger partial charge in [-0.25, -0.2) is 4.39 Å². The normalized spacial score (nSPS) is 16.8. The SMILES string of the molecule is Cc1ccc([C@@H](CCC(C)C)N2CCNCC2)cc1F.Cl.Cl. The Morgan fingerprint density at radius 3 is 2.32 bits per heavy atom. The van der Waals surface area contributed by atoms with Crippen molar-refractivity contribution in [1.29, 1.82) is 0 Å². The smallest absolute Gasteiger partial charge is 0.126 e. The highest BCUT2D eigenvalue weighted by molar-refractivity contribution is 5.85. The lowest BCUT2D eigenvalue weighted by atomic mass is 9.95. The van der Waals surface area contributed by atoms with Crippen LogP contribution in [0, 0.1) is 18.7 Å². The maximum absolute atomic E-state index is 13.9. The van der Waals surface area contributed by atoms with E-state index in [4.69, 9.17) is 0 Å². The van der Waals surface area contributed by atoms with Gasteiger partial charge in [0.15, 0.2) is 0 Å². The number of aryl methyl sites for hydroxylation is 1. The fourth-order valence-corrected chi connectivity index (χ4v) is 2.86. The van der Waals surface area contributed by atoms with Crippen LogP contribution < -0.4 is 5.32 Å². The van der Waals surface area contributed by atoms with Crippen molar-refractivity contribution in [2.75, 3.05) is 26.2 Å². The molecule has 22 heavy (non-hydrogen) atoms. The van der Waals surface area contributed by atoms with Gasteiger partial charge in [-0.1, -0.05) is 26.0 Å². The van der Waals surface area contributed by atoms with E-state index in [2.05, 4.69) is 30.1 Å². The average Bonchev–Trinajstić information content (AvgIpc) is 2.44. The van der Waals surface area contributed by atoms with E-state index in [0.717, 1.165) is 43.7 Å². The molecule has 2 rings (SSSR count). The minimum absolute atomic E-state index is 0. The van der Waals surface area contributed by atoms with Crippen LogP contribution in [0.5, 0.6) is 0 Å². The molecule has 0 spiro atoms. The Morgan fingerprint density at radius 1 is 1.14 bits per heavy atom. The summed E-state index contributed by atoms with van der Waals surface area (Å²) in [6.07, 6.45) is 2.30. The van der Waals surface area contributed by atoms with Crippen LogP contribution in [0.15, 0.2) is 18.2 Å². The van der Waals surface area contributed by atoms with Crippen molar-refractivity contribution in [2.24, 2.45) is 5.92 Å². The van der Waals surface area contributed by atoms with Crippen LogP contribution in [0.3, 0.4) is 0 Å². The van der Waals surface area contributed by atoms with Gasteiger partial charge in [0, 0.05) is 32.2 Å². The molecule has 1 aromatic carbocycles. The molecule has 0 aromatic heterocycles. The van der Waals surface area contributed by atoms with Crippen molar-refractivity contribution in [3.63, 3.8) is 0 Å². The second-order valence-electron chi connectivity index (χ2n) is 6.28. The number of rotatable bonds is 5. The van der Waals surface area contributed by atoms with Gasteiger partial charge in [-0.2, -0.15) is 0 Å². The molecule has 1 heterocycles. The predicted octanol–water partition coefficient (Wildman–Crippen LogP) is 4.36. The Balaban J connectivity index is 0.00000220. The average molecular weight is 351 g/mol. The molecule has 2 nitrogen and oxygen atoms in total. The molecule has 1 aromatic rings. The van der Waals surface area contributed by atoms with Gasteiger partial charge < -0.3 is 5.32 Å². The van der Waals surface area contributed by atoms with Crippen molar-refractivity contribution < 1.29 is 4.39 Å². The molecule has 1 N–H and O–H groups in total. The van der Waals surface area contributed by atoms with Crippen LogP contribution in [0.2, 0.25) is 0 Å². The zero-order valence-corrected chi connectivity index (χ0v) is 15.4. The van der Waals surface area contributed by atoms with Crippen LogP contribution in [-0.4, -0.2) is 31.1 Å². The van der Waals surface area contributed by atoms with Gasteiger partial charge in [0.05, 0.1) is 0 Å². The first-order valence-corrected chi connectivity index (χ1v) is 7.78. The van der Waals surface area contributed by atoms with E-state index in [0.29, 0.717) is 12.0 Å². The zero-order chi connectivity index (χ0) is 14.5. The second kappa shape index (κ2) is 10.4. The van der Waals surface area contributed by atoms with Gasteiger partial charge in [-0.15, -0.1) is 24.8 Å². The molecule has 0 bridgehead atoms. The summed E-state index contributed by atoms with van der Waals surface area (Å²) in [5, 5.41) is 3.39. The first kappa shape index (κ1) is 21.6. The standard InChI is InChI=1S/C17H27FN2.2ClH/c1-13(2)4-7-17(20-10-8-19-9-11-20)15-6-5-14(3)16(18)12-15;;/h5-6,12-13,17,19H,4,7-11H2,1-3H3;2*1H/t17-;;/m1../s1. The molecular weight excluding hydrogens is 322 g/mol. The van der Waals surface area contributed by atoms with Gasteiger partial charge in [0.1, 0.15) is 5.82 Å². The Bertz CT molecular complexity index is 435. The molecule has 1 fully saturated rings. The van der Waals surface area contributed by atoms with Crippen molar-refractivity contribution in [3.05, 3.63) is 35.1 Å². The van der Waals surface area contributed by atoms with Gasteiger partial charge in [0.2, 0.25) is 0 Å². The molecule has 128 valence electrons. The largest absolute Gasteiger partial charge is 0.314 e.